The van der Waals surface area contributed by atoms with Crippen molar-refractivity contribution in [3.63, 3.8) is 0 Å². The van der Waals surface area contributed by atoms with E-state index in [1.54, 1.807) is 12.1 Å². The second-order valence-corrected chi connectivity index (χ2v) is 4.00. The number of amides is 1. The van der Waals surface area contributed by atoms with E-state index in [0.717, 1.165) is 11.3 Å². The van der Waals surface area contributed by atoms with Crippen LogP contribution in [0.15, 0.2) is 18.3 Å². The summed E-state index contributed by atoms with van der Waals surface area (Å²) in [6, 6.07) is 3.32. The molecule has 0 aromatic carbocycles. The van der Waals surface area contributed by atoms with Crippen LogP contribution in [-0.4, -0.2) is 28.2 Å². The van der Waals surface area contributed by atoms with Crippen LogP contribution >= 0.6 is 11.3 Å². The number of rotatable bonds is 3. The van der Waals surface area contributed by atoms with Gasteiger partial charge in [0.1, 0.15) is 0 Å². The molecule has 0 radical (unpaired) electrons. The number of pyridine rings is 1. The molecule has 1 amide bonds. The Morgan fingerprint density at radius 3 is 2.82 bits per heavy atom. The first-order valence-corrected chi connectivity index (χ1v) is 5.41. The van der Waals surface area contributed by atoms with Crippen molar-refractivity contribution in [2.24, 2.45) is 0 Å². The molecule has 0 saturated carbocycles. The summed E-state index contributed by atoms with van der Waals surface area (Å²) in [5.74, 6) is 0.106. The molecule has 0 aliphatic heterocycles. The van der Waals surface area contributed by atoms with Gasteiger partial charge in [0, 0.05) is 6.07 Å². The van der Waals surface area contributed by atoms with Crippen LogP contribution in [0.25, 0.3) is 0 Å². The lowest BCUT2D eigenvalue weighted by atomic mass is 10.4. The highest BCUT2D eigenvalue weighted by Crippen LogP contribution is 2.15. The third kappa shape index (κ3) is 2.67. The molecule has 17 heavy (non-hydrogen) atoms. The van der Waals surface area contributed by atoms with Crippen LogP contribution in [0.3, 0.4) is 0 Å². The highest BCUT2D eigenvalue weighted by atomic mass is 32.1. The minimum Gasteiger partial charge on any atom is -0.481 e. The van der Waals surface area contributed by atoms with Crippen LogP contribution in [0.2, 0.25) is 0 Å². The number of carbonyl (C=O) groups is 1. The number of nitrogens with two attached hydrogens (primary N) is 1. The molecule has 8 heteroatoms. The van der Waals surface area contributed by atoms with Crippen molar-refractivity contribution in [1.29, 1.82) is 0 Å². The fourth-order valence-corrected chi connectivity index (χ4v) is 1.59. The number of nitrogen functional groups attached to an aromatic ring is 1. The van der Waals surface area contributed by atoms with Crippen LogP contribution in [-0.2, 0) is 0 Å². The molecular formula is C9H9N5O2S. The van der Waals surface area contributed by atoms with Gasteiger partial charge in [0.2, 0.25) is 16.0 Å². The van der Waals surface area contributed by atoms with Gasteiger partial charge in [0.15, 0.2) is 0 Å². The molecule has 0 aliphatic carbocycles. The molecule has 7 nitrogen and oxygen atoms in total. The van der Waals surface area contributed by atoms with Crippen molar-refractivity contribution >= 4 is 28.1 Å². The first-order chi connectivity index (χ1) is 8.19. The minimum atomic E-state index is -0.369. The summed E-state index contributed by atoms with van der Waals surface area (Å²) in [6.07, 6.45) is 1.49. The van der Waals surface area contributed by atoms with Crippen LogP contribution in [0.5, 0.6) is 5.88 Å². The van der Waals surface area contributed by atoms with E-state index in [1.165, 1.54) is 13.3 Å². The molecule has 0 unspecified atom stereocenters. The lowest BCUT2D eigenvalue weighted by molar-refractivity contribution is 0.102. The number of nitrogens with zero attached hydrogens (tertiary/aromatic N) is 3. The van der Waals surface area contributed by atoms with Crippen molar-refractivity contribution in [2.75, 3.05) is 18.2 Å². The van der Waals surface area contributed by atoms with Crippen LogP contribution in [0.4, 0.5) is 10.8 Å². The van der Waals surface area contributed by atoms with E-state index in [1.807, 2.05) is 0 Å². The Kier molecular flexibility index (Phi) is 3.15. The molecule has 2 heterocycles. The van der Waals surface area contributed by atoms with Crippen molar-refractivity contribution < 1.29 is 9.53 Å². The van der Waals surface area contributed by atoms with Crippen LogP contribution in [0.1, 0.15) is 9.80 Å². The van der Waals surface area contributed by atoms with Gasteiger partial charge in [0.25, 0.3) is 5.91 Å². The predicted molar refractivity (Wildman–Crippen MR) is 63.1 cm³/mol. The predicted octanol–water partition coefficient (Wildman–Crippen LogP) is 0.776. The first kappa shape index (κ1) is 11.3. The maximum absolute atomic E-state index is 11.7. The standard InChI is InChI=1S/C9H9N5O2S/c1-16-6-3-2-5(4-11-6)12-7(15)8-13-14-9(10)17-8/h2-4H,1H3,(H2,10,14)(H,12,15). The summed E-state index contributed by atoms with van der Waals surface area (Å²) in [5.41, 5.74) is 5.93. The van der Waals surface area contributed by atoms with Crippen LogP contribution in [0, 0.1) is 0 Å². The normalized spacial score (nSPS) is 9.94. The van der Waals surface area contributed by atoms with Crippen LogP contribution < -0.4 is 15.8 Å². The van der Waals surface area contributed by atoms with Crippen molar-refractivity contribution in [3.8, 4) is 5.88 Å². The number of carbonyl (C=O) groups excluding carboxylic acids is 1. The number of nitrogens with one attached hydrogen (secondary N) is 1. The van der Waals surface area contributed by atoms with E-state index in [4.69, 9.17) is 10.5 Å². The number of anilines is 2. The number of aromatic nitrogens is 3. The Hall–Kier alpha value is -2.22. The highest BCUT2D eigenvalue weighted by molar-refractivity contribution is 7.16. The van der Waals surface area contributed by atoms with Gasteiger partial charge >= 0.3 is 0 Å². The summed E-state index contributed by atoms with van der Waals surface area (Å²) in [6.45, 7) is 0. The quantitative estimate of drug-likeness (QED) is 0.835. The average molecular weight is 251 g/mol. The molecule has 2 aromatic heterocycles. The molecule has 0 saturated heterocycles. The number of hydrogen-bond acceptors (Lipinski definition) is 7. The summed E-state index contributed by atoms with van der Waals surface area (Å²) in [5, 5.41) is 10.3. The number of methoxy groups -OCH3 is 1. The lowest BCUT2D eigenvalue weighted by Crippen LogP contribution is -2.11. The second kappa shape index (κ2) is 4.74. The fourth-order valence-electron chi connectivity index (χ4n) is 1.09. The molecule has 88 valence electrons. The van der Waals surface area contributed by atoms with Gasteiger partial charge in [-0.1, -0.05) is 11.3 Å². The zero-order valence-corrected chi connectivity index (χ0v) is 9.69. The SMILES string of the molecule is COc1ccc(NC(=O)c2nnc(N)s2)cn1. The zero-order valence-electron chi connectivity index (χ0n) is 8.88. The maximum Gasteiger partial charge on any atom is 0.286 e. The Balaban J connectivity index is 2.07. The summed E-state index contributed by atoms with van der Waals surface area (Å²) < 4.78 is 4.90. The van der Waals surface area contributed by atoms with E-state index in [2.05, 4.69) is 20.5 Å². The Morgan fingerprint density at radius 2 is 2.29 bits per heavy atom. The fraction of sp³-hybridized carbons (Fsp3) is 0.111. The molecule has 0 bridgehead atoms. The smallest absolute Gasteiger partial charge is 0.286 e. The van der Waals surface area contributed by atoms with E-state index < -0.39 is 0 Å². The van der Waals surface area contributed by atoms with E-state index in [9.17, 15) is 4.79 Å². The van der Waals surface area contributed by atoms with Gasteiger partial charge in [-0.25, -0.2) is 4.98 Å². The molecule has 0 atom stereocenters. The maximum atomic E-state index is 11.7. The molecule has 3 N–H and O–H groups in total. The zero-order chi connectivity index (χ0) is 12.3. The van der Waals surface area contributed by atoms with Gasteiger partial charge in [-0.3, -0.25) is 4.79 Å². The Bertz CT molecular complexity index is 524. The van der Waals surface area contributed by atoms with E-state index in [0.29, 0.717) is 11.6 Å². The third-order valence-electron chi connectivity index (χ3n) is 1.84. The first-order valence-electron chi connectivity index (χ1n) is 4.59. The molecule has 2 rings (SSSR count). The molecule has 0 aliphatic rings. The molecule has 2 aromatic rings. The minimum absolute atomic E-state index is 0.207. The van der Waals surface area contributed by atoms with Gasteiger partial charge in [-0.05, 0) is 6.07 Å². The monoisotopic (exact) mass is 251 g/mol. The molecule has 0 spiro atoms. The van der Waals surface area contributed by atoms with E-state index >= 15 is 0 Å². The average Bonchev–Trinajstić information content (AvgIpc) is 2.77. The van der Waals surface area contributed by atoms with Gasteiger partial charge in [-0.2, -0.15) is 0 Å². The summed E-state index contributed by atoms with van der Waals surface area (Å²) in [7, 11) is 1.52. The van der Waals surface area contributed by atoms with Gasteiger partial charge in [-0.15, -0.1) is 10.2 Å². The largest absolute Gasteiger partial charge is 0.481 e. The Morgan fingerprint density at radius 1 is 1.47 bits per heavy atom. The van der Waals surface area contributed by atoms with Gasteiger partial charge in [0.05, 0.1) is 19.0 Å². The van der Waals surface area contributed by atoms with E-state index in [-0.39, 0.29) is 16.0 Å². The molecular weight excluding hydrogens is 242 g/mol. The second-order valence-electron chi connectivity index (χ2n) is 2.99. The third-order valence-corrected chi connectivity index (χ3v) is 2.59. The summed E-state index contributed by atoms with van der Waals surface area (Å²) >= 11 is 1.02. The highest BCUT2D eigenvalue weighted by Gasteiger charge is 2.11. The molecule has 0 fully saturated rings. The van der Waals surface area contributed by atoms with Crippen molar-refractivity contribution in [3.05, 3.63) is 23.3 Å². The number of hydrogen-bond donors (Lipinski definition) is 2. The van der Waals surface area contributed by atoms with Crippen molar-refractivity contribution in [1.82, 2.24) is 15.2 Å². The lowest BCUT2D eigenvalue weighted by Gasteiger charge is -2.02. The summed E-state index contributed by atoms with van der Waals surface area (Å²) in [4.78, 5) is 15.6. The van der Waals surface area contributed by atoms with Gasteiger partial charge < -0.3 is 15.8 Å². The Labute approximate surface area is 101 Å². The number of ether oxygens (including phenoxy) is 1. The topological polar surface area (TPSA) is 103 Å². The van der Waals surface area contributed by atoms with Crippen molar-refractivity contribution in [2.45, 2.75) is 0 Å².